The number of nitrogens with two attached hydrogens (primary N) is 1. The molecule has 4 heteroatoms. The summed E-state index contributed by atoms with van der Waals surface area (Å²) in [5.74, 6) is 0.610. The molecule has 2 N–H and O–H groups in total. The van der Waals surface area contributed by atoms with Gasteiger partial charge in [0.15, 0.2) is 0 Å². The van der Waals surface area contributed by atoms with Crippen LogP contribution in [0.3, 0.4) is 0 Å². The molecule has 0 aromatic carbocycles. The lowest BCUT2D eigenvalue weighted by atomic mass is 9.90. The van der Waals surface area contributed by atoms with Crippen molar-refractivity contribution in [3.8, 4) is 0 Å². The Morgan fingerprint density at radius 2 is 2.41 bits per heavy atom. The van der Waals surface area contributed by atoms with Gasteiger partial charge >= 0.3 is 0 Å². The van der Waals surface area contributed by atoms with Gasteiger partial charge in [-0.15, -0.1) is 0 Å². The van der Waals surface area contributed by atoms with E-state index in [1.54, 1.807) is 0 Å². The molecular weight excluding hydrogens is 216 g/mol. The zero-order chi connectivity index (χ0) is 12.3. The van der Waals surface area contributed by atoms with E-state index in [2.05, 4.69) is 11.8 Å². The molecule has 0 aliphatic carbocycles. The van der Waals surface area contributed by atoms with Gasteiger partial charge in [-0.05, 0) is 32.7 Å². The number of methoxy groups -OCH3 is 1. The van der Waals surface area contributed by atoms with Gasteiger partial charge in [-0.2, -0.15) is 0 Å². The maximum absolute atomic E-state index is 5.98. The first-order chi connectivity index (χ1) is 8.18. The molecule has 2 heterocycles. The molecule has 100 valence electrons. The Kier molecular flexibility index (Phi) is 4.42. The Bertz CT molecular complexity index is 244. The van der Waals surface area contributed by atoms with Crippen LogP contribution >= 0.6 is 0 Å². The van der Waals surface area contributed by atoms with E-state index >= 15 is 0 Å². The molecular formula is C13H26N2O2. The third-order valence-corrected chi connectivity index (χ3v) is 4.40. The highest BCUT2D eigenvalue weighted by Gasteiger charge is 2.37. The average molecular weight is 242 g/mol. The summed E-state index contributed by atoms with van der Waals surface area (Å²) in [6.07, 6.45) is 3.51. The molecule has 3 atom stereocenters. The highest BCUT2D eigenvalue weighted by Crippen LogP contribution is 2.29. The van der Waals surface area contributed by atoms with Crippen molar-refractivity contribution in [2.24, 2.45) is 11.7 Å². The number of hydrogen-bond acceptors (Lipinski definition) is 4. The van der Waals surface area contributed by atoms with Crippen molar-refractivity contribution in [3.05, 3.63) is 0 Å². The summed E-state index contributed by atoms with van der Waals surface area (Å²) >= 11 is 0. The summed E-state index contributed by atoms with van der Waals surface area (Å²) in [7, 11) is 1.82. The molecule has 2 aliphatic rings. The van der Waals surface area contributed by atoms with E-state index in [1.807, 2.05) is 7.11 Å². The predicted octanol–water partition coefficient (Wildman–Crippen LogP) is 0.851. The van der Waals surface area contributed by atoms with Gasteiger partial charge in [0.25, 0.3) is 0 Å². The van der Waals surface area contributed by atoms with Crippen LogP contribution < -0.4 is 5.73 Å². The summed E-state index contributed by atoms with van der Waals surface area (Å²) in [4.78, 5) is 2.52. The fourth-order valence-corrected chi connectivity index (χ4v) is 3.19. The second-order valence-electron chi connectivity index (χ2n) is 5.65. The molecule has 0 aromatic heterocycles. The second kappa shape index (κ2) is 5.65. The van der Waals surface area contributed by atoms with Crippen molar-refractivity contribution in [2.45, 2.75) is 37.8 Å². The Labute approximate surface area is 104 Å². The molecule has 0 bridgehead atoms. The van der Waals surface area contributed by atoms with Gasteiger partial charge < -0.3 is 15.2 Å². The molecule has 3 unspecified atom stereocenters. The number of rotatable bonds is 4. The average Bonchev–Trinajstić information content (AvgIpc) is 2.84. The van der Waals surface area contributed by atoms with Crippen LogP contribution in [0.4, 0.5) is 0 Å². The lowest BCUT2D eigenvalue weighted by Crippen LogP contribution is -2.55. The van der Waals surface area contributed by atoms with Gasteiger partial charge in [0, 0.05) is 38.8 Å². The van der Waals surface area contributed by atoms with Gasteiger partial charge in [-0.3, -0.25) is 4.90 Å². The van der Waals surface area contributed by atoms with Crippen LogP contribution in [-0.2, 0) is 9.47 Å². The van der Waals surface area contributed by atoms with E-state index < -0.39 is 0 Å². The minimum atomic E-state index is 0.00509. The highest BCUT2D eigenvalue weighted by molar-refractivity contribution is 4.91. The normalized spacial score (nSPS) is 37.2. The fourth-order valence-electron chi connectivity index (χ4n) is 3.19. The Balaban J connectivity index is 1.98. The highest BCUT2D eigenvalue weighted by atomic mass is 16.5. The summed E-state index contributed by atoms with van der Waals surface area (Å²) in [6, 6.07) is 0.465. The number of piperidine rings is 1. The van der Waals surface area contributed by atoms with E-state index in [-0.39, 0.29) is 5.60 Å². The quantitative estimate of drug-likeness (QED) is 0.794. The zero-order valence-corrected chi connectivity index (χ0v) is 11.2. The summed E-state index contributed by atoms with van der Waals surface area (Å²) in [5, 5.41) is 0. The van der Waals surface area contributed by atoms with Gasteiger partial charge in [-0.25, -0.2) is 0 Å². The number of hydrogen-bond donors (Lipinski definition) is 1. The van der Waals surface area contributed by atoms with Crippen LogP contribution in [0.5, 0.6) is 0 Å². The van der Waals surface area contributed by atoms with E-state index in [9.17, 15) is 0 Å². The van der Waals surface area contributed by atoms with E-state index in [1.165, 1.54) is 6.42 Å². The van der Waals surface area contributed by atoms with Gasteiger partial charge in [0.1, 0.15) is 0 Å². The minimum absolute atomic E-state index is 0.00509. The third-order valence-electron chi connectivity index (χ3n) is 4.40. The number of ether oxygens (including phenoxy) is 2. The van der Waals surface area contributed by atoms with Crippen LogP contribution in [0.1, 0.15) is 26.2 Å². The van der Waals surface area contributed by atoms with Crippen LogP contribution in [-0.4, -0.2) is 56.5 Å². The molecule has 17 heavy (non-hydrogen) atoms. The van der Waals surface area contributed by atoms with E-state index in [4.69, 9.17) is 15.2 Å². The van der Waals surface area contributed by atoms with Crippen LogP contribution in [0.25, 0.3) is 0 Å². The molecule has 2 aliphatic heterocycles. The maximum atomic E-state index is 5.98. The van der Waals surface area contributed by atoms with Crippen LogP contribution in [0.15, 0.2) is 0 Å². The first-order valence-electron chi connectivity index (χ1n) is 6.75. The molecule has 0 radical (unpaired) electrons. The molecule has 0 aromatic rings. The van der Waals surface area contributed by atoms with Crippen molar-refractivity contribution in [2.75, 3.05) is 40.0 Å². The van der Waals surface area contributed by atoms with Crippen molar-refractivity contribution >= 4 is 0 Å². The molecule has 4 nitrogen and oxygen atoms in total. The topological polar surface area (TPSA) is 47.7 Å². The molecule has 0 amide bonds. The number of likely N-dealkylation sites (tertiary alicyclic amines) is 1. The van der Waals surface area contributed by atoms with Crippen molar-refractivity contribution in [1.29, 1.82) is 0 Å². The van der Waals surface area contributed by atoms with Crippen molar-refractivity contribution in [3.63, 3.8) is 0 Å². The maximum Gasteiger partial charge on any atom is 0.0777 e. The van der Waals surface area contributed by atoms with Crippen LogP contribution in [0, 0.1) is 5.92 Å². The van der Waals surface area contributed by atoms with E-state index in [0.29, 0.717) is 12.0 Å². The first-order valence-corrected chi connectivity index (χ1v) is 6.75. The van der Waals surface area contributed by atoms with Crippen molar-refractivity contribution < 1.29 is 9.47 Å². The molecule has 0 saturated carbocycles. The lowest BCUT2D eigenvalue weighted by Gasteiger charge is -2.44. The van der Waals surface area contributed by atoms with Crippen LogP contribution in [0.2, 0.25) is 0 Å². The Hall–Kier alpha value is -0.160. The molecule has 2 fully saturated rings. The molecule has 0 spiro atoms. The van der Waals surface area contributed by atoms with E-state index in [0.717, 1.165) is 45.7 Å². The standard InChI is InChI=1S/C13H26N2O2/c1-13(16-2)5-3-6-15(10-13)12(8-14)11-4-7-17-9-11/h11-12H,3-10,14H2,1-2H3. The Morgan fingerprint density at radius 3 is 3.00 bits per heavy atom. The predicted molar refractivity (Wildman–Crippen MR) is 68.0 cm³/mol. The third kappa shape index (κ3) is 2.99. The molecule has 2 saturated heterocycles. The van der Waals surface area contributed by atoms with Gasteiger partial charge in [-0.1, -0.05) is 0 Å². The van der Waals surface area contributed by atoms with Crippen molar-refractivity contribution in [1.82, 2.24) is 4.90 Å². The monoisotopic (exact) mass is 242 g/mol. The second-order valence-corrected chi connectivity index (χ2v) is 5.65. The minimum Gasteiger partial charge on any atom is -0.381 e. The smallest absolute Gasteiger partial charge is 0.0777 e. The zero-order valence-electron chi connectivity index (χ0n) is 11.2. The SMILES string of the molecule is COC1(C)CCCN(C(CN)C2CCOC2)C1. The Morgan fingerprint density at radius 1 is 1.59 bits per heavy atom. The fraction of sp³-hybridized carbons (Fsp3) is 1.00. The summed E-state index contributed by atoms with van der Waals surface area (Å²) < 4.78 is 11.1. The number of nitrogens with zero attached hydrogens (tertiary/aromatic N) is 1. The first kappa shape index (κ1) is 13.3. The summed E-state index contributed by atoms with van der Waals surface area (Å²) in [6.45, 7) is 6.86. The largest absolute Gasteiger partial charge is 0.381 e. The van der Waals surface area contributed by atoms with Gasteiger partial charge in [0.2, 0.25) is 0 Å². The lowest BCUT2D eigenvalue weighted by molar-refractivity contribution is -0.0665. The molecule has 2 rings (SSSR count). The van der Waals surface area contributed by atoms with Gasteiger partial charge in [0.05, 0.1) is 12.2 Å². The summed E-state index contributed by atoms with van der Waals surface area (Å²) in [5.41, 5.74) is 5.98.